The van der Waals surface area contributed by atoms with E-state index in [0.717, 1.165) is 17.9 Å². The predicted molar refractivity (Wildman–Crippen MR) is 71.7 cm³/mol. The minimum absolute atomic E-state index is 0.625. The number of nitrogens with one attached hydrogen (secondary N) is 1. The highest BCUT2D eigenvalue weighted by molar-refractivity contribution is 6.36. The molecule has 90 valence electrons. The Hall–Kier alpha value is -1.19. The van der Waals surface area contributed by atoms with Crippen molar-refractivity contribution in [3.05, 3.63) is 46.2 Å². The Morgan fingerprint density at radius 1 is 1.29 bits per heavy atom. The summed E-state index contributed by atoms with van der Waals surface area (Å²) in [4.78, 5) is 0. The molecule has 1 aromatic carbocycles. The highest BCUT2D eigenvalue weighted by atomic mass is 35.5. The Labute approximate surface area is 110 Å². The van der Waals surface area contributed by atoms with Gasteiger partial charge in [-0.2, -0.15) is 5.10 Å². The first-order valence-electron chi connectivity index (χ1n) is 5.40. The average Bonchev–Trinajstić information content (AvgIpc) is 2.75. The van der Waals surface area contributed by atoms with Crippen LogP contribution in [0.15, 0.2) is 30.5 Å². The molecule has 1 N–H and O–H groups in total. The standard InChI is InChI=1S/C12H13Cl2N3/c1-2-17-10(5-6-16-17)8-15-12-4-3-9(13)7-11(12)14/h3-7,15H,2,8H2,1H3. The van der Waals surface area contributed by atoms with Crippen LogP contribution in [-0.4, -0.2) is 9.78 Å². The zero-order valence-electron chi connectivity index (χ0n) is 9.45. The van der Waals surface area contributed by atoms with Gasteiger partial charge < -0.3 is 5.32 Å². The number of anilines is 1. The van der Waals surface area contributed by atoms with Gasteiger partial charge in [0.2, 0.25) is 0 Å². The van der Waals surface area contributed by atoms with E-state index >= 15 is 0 Å². The number of hydrogen-bond donors (Lipinski definition) is 1. The van der Waals surface area contributed by atoms with Crippen molar-refractivity contribution >= 4 is 28.9 Å². The Morgan fingerprint density at radius 2 is 2.12 bits per heavy atom. The van der Waals surface area contributed by atoms with Crippen molar-refractivity contribution in [2.45, 2.75) is 20.0 Å². The molecule has 3 nitrogen and oxygen atoms in total. The molecule has 5 heteroatoms. The summed E-state index contributed by atoms with van der Waals surface area (Å²) in [6.07, 6.45) is 1.80. The van der Waals surface area contributed by atoms with Gasteiger partial charge in [-0.1, -0.05) is 23.2 Å². The second kappa shape index (κ2) is 5.43. The second-order valence-electron chi connectivity index (χ2n) is 3.62. The van der Waals surface area contributed by atoms with E-state index in [9.17, 15) is 0 Å². The van der Waals surface area contributed by atoms with Gasteiger partial charge in [-0.15, -0.1) is 0 Å². The predicted octanol–water partition coefficient (Wildman–Crippen LogP) is 3.82. The van der Waals surface area contributed by atoms with Crippen molar-refractivity contribution in [2.24, 2.45) is 0 Å². The fraction of sp³-hybridized carbons (Fsp3) is 0.250. The molecule has 0 spiro atoms. The molecule has 0 saturated heterocycles. The van der Waals surface area contributed by atoms with E-state index in [4.69, 9.17) is 23.2 Å². The maximum Gasteiger partial charge on any atom is 0.0652 e. The summed E-state index contributed by atoms with van der Waals surface area (Å²) >= 11 is 11.9. The summed E-state index contributed by atoms with van der Waals surface area (Å²) in [7, 11) is 0. The smallest absolute Gasteiger partial charge is 0.0652 e. The maximum atomic E-state index is 6.07. The molecule has 0 aliphatic carbocycles. The van der Waals surface area contributed by atoms with Crippen molar-refractivity contribution in [1.29, 1.82) is 0 Å². The molecule has 1 heterocycles. The lowest BCUT2D eigenvalue weighted by atomic mass is 10.3. The summed E-state index contributed by atoms with van der Waals surface area (Å²) in [6, 6.07) is 7.40. The summed E-state index contributed by atoms with van der Waals surface area (Å²) < 4.78 is 1.94. The number of aryl methyl sites for hydroxylation is 1. The molecule has 17 heavy (non-hydrogen) atoms. The molecule has 0 radical (unpaired) electrons. The maximum absolute atomic E-state index is 6.07. The molecule has 0 unspecified atom stereocenters. The largest absolute Gasteiger partial charge is 0.378 e. The SMILES string of the molecule is CCn1nccc1CNc1ccc(Cl)cc1Cl. The van der Waals surface area contributed by atoms with Crippen molar-refractivity contribution in [3.8, 4) is 0 Å². The van der Waals surface area contributed by atoms with Gasteiger partial charge in [0.05, 0.1) is 22.9 Å². The molecular weight excluding hydrogens is 257 g/mol. The minimum Gasteiger partial charge on any atom is -0.378 e. The summed E-state index contributed by atoms with van der Waals surface area (Å²) in [6.45, 7) is 3.61. The van der Waals surface area contributed by atoms with E-state index in [0.29, 0.717) is 16.6 Å². The number of benzene rings is 1. The Bertz CT molecular complexity index is 508. The number of hydrogen-bond acceptors (Lipinski definition) is 2. The molecule has 0 atom stereocenters. The number of nitrogens with zero attached hydrogens (tertiary/aromatic N) is 2. The fourth-order valence-corrected chi connectivity index (χ4v) is 2.09. The lowest BCUT2D eigenvalue weighted by Gasteiger charge is -2.09. The third-order valence-corrected chi connectivity index (χ3v) is 3.04. The quantitative estimate of drug-likeness (QED) is 0.915. The molecule has 0 fully saturated rings. The van der Waals surface area contributed by atoms with Crippen LogP contribution < -0.4 is 5.32 Å². The molecule has 0 saturated carbocycles. The summed E-state index contributed by atoms with van der Waals surface area (Å²) in [5.41, 5.74) is 2.00. The van der Waals surface area contributed by atoms with E-state index < -0.39 is 0 Å². The van der Waals surface area contributed by atoms with E-state index in [1.807, 2.05) is 22.9 Å². The van der Waals surface area contributed by atoms with Gasteiger partial charge in [0.25, 0.3) is 0 Å². The number of rotatable bonds is 4. The van der Waals surface area contributed by atoms with Gasteiger partial charge in [-0.05, 0) is 31.2 Å². The van der Waals surface area contributed by atoms with Crippen LogP contribution in [0.1, 0.15) is 12.6 Å². The molecule has 0 amide bonds. The van der Waals surface area contributed by atoms with Gasteiger partial charge in [0, 0.05) is 17.8 Å². The first kappa shape index (κ1) is 12.3. The normalized spacial score (nSPS) is 10.5. The lowest BCUT2D eigenvalue weighted by Crippen LogP contribution is -2.07. The molecule has 0 aliphatic rings. The number of aromatic nitrogens is 2. The van der Waals surface area contributed by atoms with Crippen molar-refractivity contribution in [3.63, 3.8) is 0 Å². The Balaban J connectivity index is 2.07. The van der Waals surface area contributed by atoms with Crippen LogP contribution in [0.4, 0.5) is 5.69 Å². The first-order chi connectivity index (χ1) is 8.20. The third kappa shape index (κ3) is 2.93. The van der Waals surface area contributed by atoms with Gasteiger partial charge in [0.15, 0.2) is 0 Å². The van der Waals surface area contributed by atoms with Crippen LogP contribution in [0.25, 0.3) is 0 Å². The van der Waals surface area contributed by atoms with Crippen LogP contribution in [-0.2, 0) is 13.1 Å². The van der Waals surface area contributed by atoms with Crippen LogP contribution in [0.3, 0.4) is 0 Å². The molecule has 0 aliphatic heterocycles. The van der Waals surface area contributed by atoms with Crippen molar-refractivity contribution < 1.29 is 0 Å². The molecule has 0 bridgehead atoms. The van der Waals surface area contributed by atoms with Crippen LogP contribution in [0.2, 0.25) is 10.0 Å². The molecule has 1 aromatic heterocycles. The van der Waals surface area contributed by atoms with E-state index in [-0.39, 0.29) is 0 Å². The molecular formula is C12H13Cl2N3. The highest BCUT2D eigenvalue weighted by Crippen LogP contribution is 2.25. The van der Waals surface area contributed by atoms with E-state index in [1.165, 1.54) is 0 Å². The van der Waals surface area contributed by atoms with E-state index in [1.54, 1.807) is 12.3 Å². The minimum atomic E-state index is 0.625. The molecule has 2 rings (SSSR count). The van der Waals surface area contributed by atoms with Crippen molar-refractivity contribution in [2.75, 3.05) is 5.32 Å². The molecule has 2 aromatic rings. The monoisotopic (exact) mass is 269 g/mol. The van der Waals surface area contributed by atoms with Crippen LogP contribution >= 0.6 is 23.2 Å². The first-order valence-corrected chi connectivity index (χ1v) is 6.16. The van der Waals surface area contributed by atoms with Gasteiger partial charge in [-0.25, -0.2) is 0 Å². The summed E-state index contributed by atoms with van der Waals surface area (Å²) in [5, 5.41) is 8.74. The zero-order valence-corrected chi connectivity index (χ0v) is 11.0. The van der Waals surface area contributed by atoms with Gasteiger partial charge >= 0.3 is 0 Å². The highest BCUT2D eigenvalue weighted by Gasteiger charge is 2.03. The van der Waals surface area contributed by atoms with Crippen LogP contribution in [0.5, 0.6) is 0 Å². The van der Waals surface area contributed by atoms with E-state index in [2.05, 4.69) is 17.3 Å². The topological polar surface area (TPSA) is 29.9 Å². The van der Waals surface area contributed by atoms with Crippen molar-refractivity contribution in [1.82, 2.24) is 9.78 Å². The second-order valence-corrected chi connectivity index (χ2v) is 4.46. The lowest BCUT2D eigenvalue weighted by molar-refractivity contribution is 0.627. The third-order valence-electron chi connectivity index (χ3n) is 2.50. The van der Waals surface area contributed by atoms with Gasteiger partial charge in [-0.3, -0.25) is 4.68 Å². The summed E-state index contributed by atoms with van der Waals surface area (Å²) in [5.74, 6) is 0. The fourth-order valence-electron chi connectivity index (χ4n) is 1.61. The van der Waals surface area contributed by atoms with Gasteiger partial charge in [0.1, 0.15) is 0 Å². The number of halogens is 2. The average molecular weight is 270 g/mol. The Kier molecular flexibility index (Phi) is 3.92. The zero-order chi connectivity index (χ0) is 12.3. The van der Waals surface area contributed by atoms with Crippen LogP contribution in [0, 0.1) is 0 Å². The Morgan fingerprint density at radius 3 is 2.82 bits per heavy atom.